The predicted octanol–water partition coefficient (Wildman–Crippen LogP) is 0.567. The van der Waals surface area contributed by atoms with E-state index in [2.05, 4.69) is 9.97 Å². The Bertz CT molecular complexity index is 273. The number of hydrogen-bond acceptors (Lipinski definition) is 4. The van der Waals surface area contributed by atoms with Crippen LogP contribution < -0.4 is 11.5 Å². The monoisotopic (exact) mass is 180 g/mol. The number of nitrogens with zero attached hydrogens (tertiary/aromatic N) is 2. The third-order valence-corrected chi connectivity index (χ3v) is 2.07. The van der Waals surface area contributed by atoms with Gasteiger partial charge in [-0.2, -0.15) is 0 Å². The maximum atomic E-state index is 5.51. The summed E-state index contributed by atoms with van der Waals surface area (Å²) >= 11 is 0. The van der Waals surface area contributed by atoms with Crippen molar-refractivity contribution in [1.29, 1.82) is 0 Å². The average Bonchev–Trinajstić information content (AvgIpc) is 2.02. The van der Waals surface area contributed by atoms with E-state index in [1.807, 2.05) is 13.8 Å². The zero-order valence-corrected chi connectivity index (χ0v) is 8.17. The van der Waals surface area contributed by atoms with Crippen molar-refractivity contribution in [2.24, 2.45) is 5.73 Å². The Morgan fingerprint density at radius 2 is 1.69 bits per heavy atom. The molecule has 72 valence electrons. The lowest BCUT2D eigenvalue weighted by atomic mass is 10.1. The molecule has 0 fully saturated rings. The van der Waals surface area contributed by atoms with E-state index in [9.17, 15) is 0 Å². The highest BCUT2D eigenvalue weighted by Crippen LogP contribution is 2.12. The summed E-state index contributed by atoms with van der Waals surface area (Å²) in [7, 11) is 0. The molecule has 4 heteroatoms. The smallest absolute Gasteiger partial charge is 0.220 e. The first-order valence-corrected chi connectivity index (χ1v) is 4.44. The van der Waals surface area contributed by atoms with Crippen molar-refractivity contribution < 1.29 is 0 Å². The molecule has 0 radical (unpaired) electrons. The van der Waals surface area contributed by atoms with Crippen LogP contribution in [0.1, 0.15) is 23.4 Å². The highest BCUT2D eigenvalue weighted by molar-refractivity contribution is 5.30. The van der Waals surface area contributed by atoms with E-state index >= 15 is 0 Å². The van der Waals surface area contributed by atoms with Crippen LogP contribution in [0.3, 0.4) is 0 Å². The van der Waals surface area contributed by atoms with Crippen molar-refractivity contribution in [3.05, 3.63) is 17.0 Å². The summed E-state index contributed by atoms with van der Waals surface area (Å²) in [6, 6.07) is 0. The topological polar surface area (TPSA) is 77.8 Å². The Morgan fingerprint density at radius 1 is 1.15 bits per heavy atom. The summed E-state index contributed by atoms with van der Waals surface area (Å²) in [4.78, 5) is 8.23. The molecule has 0 bridgehead atoms. The van der Waals surface area contributed by atoms with Gasteiger partial charge in [-0.25, -0.2) is 9.97 Å². The molecule has 4 N–H and O–H groups in total. The van der Waals surface area contributed by atoms with E-state index in [0.717, 1.165) is 24.2 Å². The van der Waals surface area contributed by atoms with Crippen LogP contribution in [0, 0.1) is 13.8 Å². The van der Waals surface area contributed by atoms with Gasteiger partial charge in [-0.3, -0.25) is 0 Å². The van der Waals surface area contributed by atoms with Crippen molar-refractivity contribution in [2.75, 3.05) is 12.3 Å². The molecule has 0 aliphatic heterocycles. The normalized spacial score (nSPS) is 10.4. The standard InChI is InChI=1S/C9H16N4/c1-6-8(4-3-5-10)7(2)13-9(11)12-6/h3-5,10H2,1-2H3,(H2,11,12,13). The number of rotatable bonds is 3. The minimum atomic E-state index is 0.353. The van der Waals surface area contributed by atoms with Crippen LogP contribution in [0.15, 0.2) is 0 Å². The van der Waals surface area contributed by atoms with Gasteiger partial charge < -0.3 is 11.5 Å². The minimum Gasteiger partial charge on any atom is -0.368 e. The maximum absolute atomic E-state index is 5.51. The molecule has 0 atom stereocenters. The first kappa shape index (κ1) is 9.92. The fraction of sp³-hybridized carbons (Fsp3) is 0.556. The SMILES string of the molecule is Cc1nc(N)nc(C)c1CCCN. The molecule has 4 nitrogen and oxygen atoms in total. The lowest BCUT2D eigenvalue weighted by Crippen LogP contribution is -2.07. The summed E-state index contributed by atoms with van der Waals surface area (Å²) in [5.74, 6) is 0.353. The summed E-state index contributed by atoms with van der Waals surface area (Å²) in [5.41, 5.74) is 14.1. The lowest BCUT2D eigenvalue weighted by molar-refractivity contribution is 0.806. The second-order valence-electron chi connectivity index (χ2n) is 3.12. The molecular weight excluding hydrogens is 164 g/mol. The molecule has 0 aromatic carbocycles. The highest BCUT2D eigenvalue weighted by Gasteiger charge is 2.05. The molecule has 0 unspecified atom stereocenters. The van der Waals surface area contributed by atoms with Crippen molar-refractivity contribution in [2.45, 2.75) is 26.7 Å². The summed E-state index contributed by atoms with van der Waals surface area (Å²) in [5, 5.41) is 0. The van der Waals surface area contributed by atoms with Crippen LogP contribution in [0.2, 0.25) is 0 Å². The van der Waals surface area contributed by atoms with Gasteiger partial charge in [0.2, 0.25) is 5.95 Å². The van der Waals surface area contributed by atoms with Crippen LogP contribution in [0.4, 0.5) is 5.95 Å². The first-order chi connectivity index (χ1) is 6.15. The summed E-state index contributed by atoms with van der Waals surface area (Å²) in [6.07, 6.45) is 1.91. The molecule has 0 saturated heterocycles. The van der Waals surface area contributed by atoms with Crippen molar-refractivity contribution in [3.8, 4) is 0 Å². The van der Waals surface area contributed by atoms with Gasteiger partial charge in [-0.05, 0) is 38.8 Å². The van der Waals surface area contributed by atoms with Crippen molar-refractivity contribution >= 4 is 5.95 Å². The van der Waals surface area contributed by atoms with Crippen LogP contribution >= 0.6 is 0 Å². The zero-order chi connectivity index (χ0) is 9.84. The van der Waals surface area contributed by atoms with E-state index < -0.39 is 0 Å². The Hall–Kier alpha value is -1.16. The predicted molar refractivity (Wildman–Crippen MR) is 53.3 cm³/mol. The molecule has 13 heavy (non-hydrogen) atoms. The zero-order valence-electron chi connectivity index (χ0n) is 8.17. The Balaban J connectivity index is 2.92. The Morgan fingerprint density at radius 3 is 2.15 bits per heavy atom. The van der Waals surface area contributed by atoms with E-state index in [4.69, 9.17) is 11.5 Å². The lowest BCUT2D eigenvalue weighted by Gasteiger charge is -2.07. The number of nitrogens with two attached hydrogens (primary N) is 2. The van der Waals surface area contributed by atoms with Gasteiger partial charge in [0.05, 0.1) is 0 Å². The van der Waals surface area contributed by atoms with Gasteiger partial charge in [0.25, 0.3) is 0 Å². The summed E-state index contributed by atoms with van der Waals surface area (Å²) < 4.78 is 0. The van der Waals surface area contributed by atoms with Crippen LogP contribution in [-0.4, -0.2) is 16.5 Å². The molecule has 1 aromatic heterocycles. The van der Waals surface area contributed by atoms with Crippen molar-refractivity contribution in [1.82, 2.24) is 9.97 Å². The maximum Gasteiger partial charge on any atom is 0.220 e. The molecule has 0 saturated carbocycles. The fourth-order valence-corrected chi connectivity index (χ4v) is 1.41. The number of aromatic nitrogens is 2. The average molecular weight is 180 g/mol. The fourth-order valence-electron chi connectivity index (χ4n) is 1.41. The Labute approximate surface area is 78.4 Å². The highest BCUT2D eigenvalue weighted by atomic mass is 15.0. The van der Waals surface area contributed by atoms with E-state index in [1.165, 1.54) is 5.56 Å². The van der Waals surface area contributed by atoms with E-state index in [-0.39, 0.29) is 0 Å². The van der Waals surface area contributed by atoms with Gasteiger partial charge in [-0.1, -0.05) is 0 Å². The molecule has 1 aromatic rings. The van der Waals surface area contributed by atoms with Crippen LogP contribution in [-0.2, 0) is 6.42 Å². The van der Waals surface area contributed by atoms with Crippen LogP contribution in [0.5, 0.6) is 0 Å². The molecule has 0 aliphatic carbocycles. The second kappa shape index (κ2) is 4.18. The van der Waals surface area contributed by atoms with E-state index in [0.29, 0.717) is 12.5 Å². The number of hydrogen-bond donors (Lipinski definition) is 2. The number of nitrogen functional groups attached to an aromatic ring is 1. The number of aryl methyl sites for hydroxylation is 2. The molecule has 0 amide bonds. The Kier molecular flexibility index (Phi) is 3.19. The molecule has 1 rings (SSSR count). The molecular formula is C9H16N4. The third-order valence-electron chi connectivity index (χ3n) is 2.07. The third kappa shape index (κ3) is 2.39. The van der Waals surface area contributed by atoms with Crippen LogP contribution in [0.25, 0.3) is 0 Å². The molecule has 0 spiro atoms. The number of anilines is 1. The quantitative estimate of drug-likeness (QED) is 0.712. The van der Waals surface area contributed by atoms with Gasteiger partial charge in [0.15, 0.2) is 0 Å². The second-order valence-corrected chi connectivity index (χ2v) is 3.12. The van der Waals surface area contributed by atoms with Gasteiger partial charge in [0.1, 0.15) is 0 Å². The molecule has 1 heterocycles. The van der Waals surface area contributed by atoms with Gasteiger partial charge >= 0.3 is 0 Å². The molecule has 0 aliphatic rings. The van der Waals surface area contributed by atoms with Gasteiger partial charge in [-0.15, -0.1) is 0 Å². The minimum absolute atomic E-state index is 0.353. The van der Waals surface area contributed by atoms with Crippen molar-refractivity contribution in [3.63, 3.8) is 0 Å². The van der Waals surface area contributed by atoms with E-state index in [1.54, 1.807) is 0 Å². The largest absolute Gasteiger partial charge is 0.368 e. The first-order valence-electron chi connectivity index (χ1n) is 4.44. The van der Waals surface area contributed by atoms with Gasteiger partial charge in [0, 0.05) is 11.4 Å². The summed E-state index contributed by atoms with van der Waals surface area (Å²) in [6.45, 7) is 4.61.